The van der Waals surface area contributed by atoms with E-state index in [0.717, 1.165) is 18.4 Å². The van der Waals surface area contributed by atoms with Gasteiger partial charge in [-0.1, -0.05) is 32.0 Å². The maximum Gasteiger partial charge on any atom is 0.220 e. The van der Waals surface area contributed by atoms with Gasteiger partial charge in [0.1, 0.15) is 5.75 Å². The second-order valence-electron chi connectivity index (χ2n) is 4.21. The molecule has 3 heteroatoms. The Morgan fingerprint density at radius 1 is 1.29 bits per heavy atom. The second kappa shape index (κ2) is 6.94. The zero-order valence-electron chi connectivity index (χ0n) is 10.6. The van der Waals surface area contributed by atoms with Gasteiger partial charge in [0.05, 0.1) is 0 Å². The molecule has 0 saturated heterocycles. The zero-order valence-corrected chi connectivity index (χ0v) is 10.6. The third-order valence-corrected chi connectivity index (χ3v) is 2.96. The molecular formula is C14H21NO2. The molecule has 0 atom stereocenters. The molecule has 1 aromatic rings. The van der Waals surface area contributed by atoms with Crippen LogP contribution in [0.1, 0.15) is 38.7 Å². The summed E-state index contributed by atoms with van der Waals surface area (Å²) in [6.07, 6.45) is 2.92. The van der Waals surface area contributed by atoms with E-state index < -0.39 is 0 Å². The van der Waals surface area contributed by atoms with Crippen LogP contribution in [-0.2, 0) is 11.2 Å². The van der Waals surface area contributed by atoms with Crippen LogP contribution < -0.4 is 5.32 Å². The maximum atomic E-state index is 11.7. The molecule has 0 bridgehead atoms. The highest BCUT2D eigenvalue weighted by Gasteiger charge is 2.09. The monoisotopic (exact) mass is 235 g/mol. The first-order valence-corrected chi connectivity index (χ1v) is 6.23. The number of carbonyl (C=O) groups excluding carboxylic acids is 1. The summed E-state index contributed by atoms with van der Waals surface area (Å²) in [5.41, 5.74) is 0.826. The SMILES string of the molecule is CCC(CC)NC(=O)CCc1ccccc1O. The lowest BCUT2D eigenvalue weighted by Gasteiger charge is -2.14. The minimum Gasteiger partial charge on any atom is -0.508 e. The molecule has 0 spiro atoms. The van der Waals surface area contributed by atoms with Crippen molar-refractivity contribution in [3.63, 3.8) is 0 Å². The highest BCUT2D eigenvalue weighted by Crippen LogP contribution is 2.17. The molecule has 0 aliphatic heterocycles. The Morgan fingerprint density at radius 3 is 2.53 bits per heavy atom. The highest BCUT2D eigenvalue weighted by atomic mass is 16.3. The van der Waals surface area contributed by atoms with Gasteiger partial charge in [-0.3, -0.25) is 4.79 Å². The van der Waals surface area contributed by atoms with E-state index >= 15 is 0 Å². The standard InChI is InChI=1S/C14H21NO2/c1-3-12(4-2)15-14(17)10-9-11-7-5-6-8-13(11)16/h5-8,12,16H,3-4,9-10H2,1-2H3,(H,15,17). The fourth-order valence-corrected chi connectivity index (χ4v) is 1.76. The molecule has 0 heterocycles. The first-order chi connectivity index (χ1) is 8.17. The van der Waals surface area contributed by atoms with Crippen molar-refractivity contribution in [2.24, 2.45) is 0 Å². The van der Waals surface area contributed by atoms with Gasteiger partial charge >= 0.3 is 0 Å². The van der Waals surface area contributed by atoms with E-state index in [-0.39, 0.29) is 17.7 Å². The Hall–Kier alpha value is -1.51. The van der Waals surface area contributed by atoms with Gasteiger partial charge in [0.2, 0.25) is 5.91 Å². The summed E-state index contributed by atoms with van der Waals surface area (Å²) in [7, 11) is 0. The number of hydrogen-bond acceptors (Lipinski definition) is 2. The number of aromatic hydroxyl groups is 1. The van der Waals surface area contributed by atoms with E-state index in [9.17, 15) is 9.90 Å². The summed E-state index contributed by atoms with van der Waals surface area (Å²) in [5, 5.41) is 12.6. The molecule has 0 radical (unpaired) electrons. The Kier molecular flexibility index (Phi) is 5.53. The van der Waals surface area contributed by atoms with E-state index in [0.29, 0.717) is 12.8 Å². The number of hydrogen-bond donors (Lipinski definition) is 2. The molecule has 0 fully saturated rings. The average molecular weight is 235 g/mol. The average Bonchev–Trinajstić information content (AvgIpc) is 2.35. The van der Waals surface area contributed by atoms with Crippen LogP contribution in [0.25, 0.3) is 0 Å². The number of rotatable bonds is 6. The third kappa shape index (κ3) is 4.47. The Balaban J connectivity index is 2.41. The van der Waals surface area contributed by atoms with Crippen molar-refractivity contribution in [1.82, 2.24) is 5.32 Å². The van der Waals surface area contributed by atoms with Crippen molar-refractivity contribution < 1.29 is 9.90 Å². The van der Waals surface area contributed by atoms with Crippen molar-refractivity contribution in [1.29, 1.82) is 0 Å². The summed E-state index contributed by atoms with van der Waals surface area (Å²) < 4.78 is 0. The smallest absolute Gasteiger partial charge is 0.220 e. The van der Waals surface area contributed by atoms with Gasteiger partial charge in [0.15, 0.2) is 0 Å². The molecule has 1 amide bonds. The van der Waals surface area contributed by atoms with Crippen LogP contribution in [0.2, 0.25) is 0 Å². The fraction of sp³-hybridized carbons (Fsp3) is 0.500. The van der Waals surface area contributed by atoms with Crippen LogP contribution in [-0.4, -0.2) is 17.1 Å². The van der Waals surface area contributed by atoms with E-state index in [2.05, 4.69) is 19.2 Å². The molecule has 1 rings (SSSR count). The number of amides is 1. The summed E-state index contributed by atoms with van der Waals surface area (Å²) in [6.45, 7) is 4.13. The normalized spacial score (nSPS) is 10.5. The van der Waals surface area contributed by atoms with Crippen molar-refractivity contribution in [3.05, 3.63) is 29.8 Å². The van der Waals surface area contributed by atoms with Crippen LogP contribution in [0.4, 0.5) is 0 Å². The van der Waals surface area contributed by atoms with E-state index in [4.69, 9.17) is 0 Å². The molecule has 0 aliphatic rings. The molecule has 94 valence electrons. The number of benzene rings is 1. The predicted octanol–water partition coefficient (Wildman–Crippen LogP) is 2.63. The molecule has 1 aromatic carbocycles. The molecule has 0 aliphatic carbocycles. The van der Waals surface area contributed by atoms with Crippen molar-refractivity contribution in [2.45, 2.75) is 45.6 Å². The van der Waals surface area contributed by atoms with Gasteiger partial charge in [0, 0.05) is 12.5 Å². The van der Waals surface area contributed by atoms with Crippen LogP contribution in [0, 0.1) is 0 Å². The van der Waals surface area contributed by atoms with Gasteiger partial charge in [0.25, 0.3) is 0 Å². The van der Waals surface area contributed by atoms with Gasteiger partial charge in [-0.05, 0) is 30.9 Å². The molecule has 3 nitrogen and oxygen atoms in total. The molecule has 2 N–H and O–H groups in total. The van der Waals surface area contributed by atoms with E-state index in [1.165, 1.54) is 0 Å². The van der Waals surface area contributed by atoms with Crippen LogP contribution in [0.5, 0.6) is 5.75 Å². The number of carbonyl (C=O) groups is 1. The topological polar surface area (TPSA) is 49.3 Å². The van der Waals surface area contributed by atoms with Gasteiger partial charge in [-0.15, -0.1) is 0 Å². The van der Waals surface area contributed by atoms with Gasteiger partial charge in [-0.25, -0.2) is 0 Å². The number of phenolic OH excluding ortho intramolecular Hbond substituents is 1. The van der Waals surface area contributed by atoms with Crippen molar-refractivity contribution in [3.8, 4) is 5.75 Å². The lowest BCUT2D eigenvalue weighted by molar-refractivity contribution is -0.121. The molecule has 0 saturated carbocycles. The summed E-state index contributed by atoms with van der Waals surface area (Å²) in [6, 6.07) is 7.41. The summed E-state index contributed by atoms with van der Waals surface area (Å²) in [5.74, 6) is 0.324. The first-order valence-electron chi connectivity index (χ1n) is 6.23. The third-order valence-electron chi connectivity index (χ3n) is 2.96. The largest absolute Gasteiger partial charge is 0.508 e. The molecule has 0 unspecified atom stereocenters. The lowest BCUT2D eigenvalue weighted by Crippen LogP contribution is -2.33. The van der Waals surface area contributed by atoms with Crippen molar-refractivity contribution >= 4 is 5.91 Å². The van der Waals surface area contributed by atoms with E-state index in [1.807, 2.05) is 12.1 Å². The zero-order chi connectivity index (χ0) is 12.7. The minimum atomic E-state index is 0.0574. The number of nitrogens with one attached hydrogen (secondary N) is 1. The summed E-state index contributed by atoms with van der Waals surface area (Å²) in [4.78, 5) is 11.7. The Labute approximate surface area is 103 Å². The Morgan fingerprint density at radius 2 is 1.94 bits per heavy atom. The minimum absolute atomic E-state index is 0.0574. The van der Waals surface area contributed by atoms with Crippen molar-refractivity contribution in [2.75, 3.05) is 0 Å². The van der Waals surface area contributed by atoms with Gasteiger partial charge < -0.3 is 10.4 Å². The summed E-state index contributed by atoms with van der Waals surface area (Å²) >= 11 is 0. The first kappa shape index (κ1) is 13.6. The molecular weight excluding hydrogens is 214 g/mol. The molecule has 17 heavy (non-hydrogen) atoms. The predicted molar refractivity (Wildman–Crippen MR) is 68.9 cm³/mol. The van der Waals surface area contributed by atoms with Gasteiger partial charge in [-0.2, -0.15) is 0 Å². The fourth-order valence-electron chi connectivity index (χ4n) is 1.76. The maximum absolute atomic E-state index is 11.7. The number of phenols is 1. The lowest BCUT2D eigenvalue weighted by atomic mass is 10.1. The highest BCUT2D eigenvalue weighted by molar-refractivity contribution is 5.76. The van der Waals surface area contributed by atoms with Crippen LogP contribution in [0.15, 0.2) is 24.3 Å². The van der Waals surface area contributed by atoms with Crippen LogP contribution in [0.3, 0.4) is 0 Å². The number of para-hydroxylation sites is 1. The van der Waals surface area contributed by atoms with Crippen LogP contribution >= 0.6 is 0 Å². The quantitative estimate of drug-likeness (QED) is 0.796. The molecule has 0 aromatic heterocycles. The number of aryl methyl sites for hydroxylation is 1. The second-order valence-corrected chi connectivity index (χ2v) is 4.21. The van der Waals surface area contributed by atoms with E-state index in [1.54, 1.807) is 12.1 Å². The Bertz CT molecular complexity index is 359.